The second-order valence-electron chi connectivity index (χ2n) is 6.04. The van der Waals surface area contributed by atoms with Crippen LogP contribution in [0, 0.1) is 5.82 Å². The number of ether oxygens (including phenoxy) is 1. The molecule has 1 saturated heterocycles. The number of nitrogens with one attached hydrogen (secondary N) is 1. The highest BCUT2D eigenvalue weighted by Crippen LogP contribution is 2.34. The first-order valence-corrected chi connectivity index (χ1v) is 8.14. The van der Waals surface area contributed by atoms with E-state index < -0.39 is 0 Å². The molecule has 4 nitrogen and oxygen atoms in total. The van der Waals surface area contributed by atoms with Crippen molar-refractivity contribution in [2.24, 2.45) is 0 Å². The van der Waals surface area contributed by atoms with Crippen molar-refractivity contribution in [1.29, 1.82) is 0 Å². The van der Waals surface area contributed by atoms with Crippen molar-refractivity contribution in [2.75, 3.05) is 36.5 Å². The van der Waals surface area contributed by atoms with Gasteiger partial charge in [0.05, 0.1) is 31.1 Å². The monoisotopic (exact) mass is 313 g/mol. The van der Waals surface area contributed by atoms with E-state index in [1.165, 1.54) is 6.07 Å². The molecular formula is C18H20FN3O. The van der Waals surface area contributed by atoms with Crippen LogP contribution in [0.4, 0.5) is 15.9 Å². The largest absolute Gasteiger partial charge is 0.378 e. The molecule has 1 aliphatic heterocycles. The molecule has 0 bridgehead atoms. The number of nitrogens with zero attached hydrogens (tertiary/aromatic N) is 2. The van der Waals surface area contributed by atoms with Gasteiger partial charge >= 0.3 is 0 Å². The summed E-state index contributed by atoms with van der Waals surface area (Å²) >= 11 is 0. The van der Waals surface area contributed by atoms with Gasteiger partial charge in [-0.05, 0) is 42.2 Å². The Morgan fingerprint density at radius 2 is 2.04 bits per heavy atom. The van der Waals surface area contributed by atoms with E-state index >= 15 is 0 Å². The number of aromatic nitrogens is 1. The first-order valence-electron chi connectivity index (χ1n) is 8.14. The zero-order valence-corrected chi connectivity index (χ0v) is 13.0. The topological polar surface area (TPSA) is 37.4 Å². The Hall–Kier alpha value is -2.14. The molecule has 1 aliphatic carbocycles. The van der Waals surface area contributed by atoms with E-state index in [0.717, 1.165) is 61.8 Å². The van der Waals surface area contributed by atoms with Gasteiger partial charge in [0, 0.05) is 13.1 Å². The van der Waals surface area contributed by atoms with Crippen LogP contribution in [0.2, 0.25) is 0 Å². The molecule has 0 spiro atoms. The predicted octanol–water partition coefficient (Wildman–Crippen LogP) is 3.16. The molecule has 0 saturated carbocycles. The van der Waals surface area contributed by atoms with Crippen LogP contribution in [0.15, 0.2) is 36.5 Å². The van der Waals surface area contributed by atoms with Crippen molar-refractivity contribution in [3.63, 3.8) is 0 Å². The summed E-state index contributed by atoms with van der Waals surface area (Å²) in [6, 6.07) is 9.55. The van der Waals surface area contributed by atoms with Crippen LogP contribution >= 0.6 is 0 Å². The van der Waals surface area contributed by atoms with Crippen molar-refractivity contribution < 1.29 is 9.13 Å². The fraction of sp³-hybridized carbons (Fsp3) is 0.389. The molecule has 5 heteroatoms. The minimum absolute atomic E-state index is 0.0950. The van der Waals surface area contributed by atoms with E-state index in [1.807, 2.05) is 18.3 Å². The smallest absolute Gasteiger partial charge is 0.126 e. The molecule has 23 heavy (non-hydrogen) atoms. The molecule has 0 amide bonds. The summed E-state index contributed by atoms with van der Waals surface area (Å²) in [6.07, 6.45) is 3.59. The zero-order chi connectivity index (χ0) is 15.6. The van der Waals surface area contributed by atoms with E-state index in [-0.39, 0.29) is 11.9 Å². The van der Waals surface area contributed by atoms with Gasteiger partial charge in [0.1, 0.15) is 11.6 Å². The van der Waals surface area contributed by atoms with E-state index in [9.17, 15) is 4.39 Å². The van der Waals surface area contributed by atoms with Crippen LogP contribution in [0.3, 0.4) is 0 Å². The summed E-state index contributed by atoms with van der Waals surface area (Å²) in [4.78, 5) is 6.80. The fourth-order valence-corrected chi connectivity index (χ4v) is 3.42. The van der Waals surface area contributed by atoms with Crippen molar-refractivity contribution in [2.45, 2.75) is 18.9 Å². The Kier molecular flexibility index (Phi) is 3.87. The van der Waals surface area contributed by atoms with E-state index in [2.05, 4.69) is 21.3 Å². The third-order valence-corrected chi connectivity index (χ3v) is 4.66. The normalized spacial score (nSPS) is 20.4. The van der Waals surface area contributed by atoms with Gasteiger partial charge in [0.25, 0.3) is 0 Å². The van der Waals surface area contributed by atoms with Gasteiger partial charge in [-0.2, -0.15) is 0 Å². The Bertz CT molecular complexity index is 683. The number of rotatable bonds is 3. The number of anilines is 2. The van der Waals surface area contributed by atoms with Crippen LogP contribution in [-0.4, -0.2) is 31.3 Å². The number of hydrogen-bond donors (Lipinski definition) is 1. The molecule has 2 aliphatic rings. The van der Waals surface area contributed by atoms with Gasteiger partial charge < -0.3 is 15.0 Å². The molecule has 120 valence electrons. The maximum Gasteiger partial charge on any atom is 0.126 e. The molecule has 1 atom stereocenters. The standard InChI is InChI=1S/C18H20FN3O/c19-16-3-1-2-15-14(16)5-6-17(15)21-18-7-4-13(12-20-18)22-8-10-23-11-9-22/h1-4,7,12,17H,5-6,8-11H2,(H,20,21). The molecule has 1 aromatic carbocycles. The van der Waals surface area contributed by atoms with Crippen molar-refractivity contribution in [3.05, 3.63) is 53.5 Å². The molecule has 1 unspecified atom stereocenters. The highest BCUT2D eigenvalue weighted by molar-refractivity contribution is 5.51. The molecule has 0 radical (unpaired) electrons. The second-order valence-corrected chi connectivity index (χ2v) is 6.04. The van der Waals surface area contributed by atoms with Gasteiger partial charge in [-0.25, -0.2) is 9.37 Å². The van der Waals surface area contributed by atoms with E-state index in [1.54, 1.807) is 6.07 Å². The molecule has 1 fully saturated rings. The summed E-state index contributed by atoms with van der Waals surface area (Å²) in [5, 5.41) is 3.43. The highest BCUT2D eigenvalue weighted by Gasteiger charge is 2.24. The fourth-order valence-electron chi connectivity index (χ4n) is 3.42. The number of morpholine rings is 1. The van der Waals surface area contributed by atoms with E-state index in [4.69, 9.17) is 4.74 Å². The average Bonchev–Trinajstić information content (AvgIpc) is 3.01. The van der Waals surface area contributed by atoms with E-state index in [0.29, 0.717) is 0 Å². The lowest BCUT2D eigenvalue weighted by atomic mass is 10.1. The Labute approximate surface area is 135 Å². The number of benzene rings is 1. The van der Waals surface area contributed by atoms with Gasteiger partial charge in [0.15, 0.2) is 0 Å². The van der Waals surface area contributed by atoms with Gasteiger partial charge in [-0.15, -0.1) is 0 Å². The Morgan fingerprint density at radius 3 is 2.83 bits per heavy atom. The molecule has 1 N–H and O–H groups in total. The number of halogens is 1. The van der Waals surface area contributed by atoms with Crippen LogP contribution in [0.25, 0.3) is 0 Å². The second kappa shape index (κ2) is 6.16. The van der Waals surface area contributed by atoms with Gasteiger partial charge in [0.2, 0.25) is 0 Å². The zero-order valence-electron chi connectivity index (χ0n) is 13.0. The highest BCUT2D eigenvalue weighted by atomic mass is 19.1. The minimum Gasteiger partial charge on any atom is -0.378 e. The average molecular weight is 313 g/mol. The summed E-state index contributed by atoms with van der Waals surface area (Å²) < 4.78 is 19.2. The maximum atomic E-state index is 13.8. The lowest BCUT2D eigenvalue weighted by Gasteiger charge is -2.28. The van der Waals surface area contributed by atoms with Crippen molar-refractivity contribution in [1.82, 2.24) is 4.98 Å². The van der Waals surface area contributed by atoms with Crippen LogP contribution in [0.1, 0.15) is 23.6 Å². The lowest BCUT2D eigenvalue weighted by Crippen LogP contribution is -2.36. The number of hydrogen-bond acceptors (Lipinski definition) is 4. The SMILES string of the molecule is Fc1cccc2c1CCC2Nc1ccc(N2CCOCC2)cn1. The Balaban J connectivity index is 1.47. The predicted molar refractivity (Wildman–Crippen MR) is 88.4 cm³/mol. The molecule has 1 aromatic heterocycles. The van der Waals surface area contributed by atoms with Crippen LogP contribution < -0.4 is 10.2 Å². The number of pyridine rings is 1. The number of fused-ring (bicyclic) bond motifs is 1. The summed E-state index contributed by atoms with van der Waals surface area (Å²) in [5.74, 6) is 0.742. The quantitative estimate of drug-likeness (QED) is 0.944. The van der Waals surface area contributed by atoms with Gasteiger partial charge in [-0.3, -0.25) is 0 Å². The van der Waals surface area contributed by atoms with Gasteiger partial charge in [-0.1, -0.05) is 12.1 Å². The first kappa shape index (κ1) is 14.5. The van der Waals surface area contributed by atoms with Crippen molar-refractivity contribution in [3.8, 4) is 0 Å². The third-order valence-electron chi connectivity index (χ3n) is 4.66. The molecule has 4 rings (SSSR count). The maximum absolute atomic E-state index is 13.8. The van der Waals surface area contributed by atoms with Crippen LogP contribution in [0.5, 0.6) is 0 Å². The van der Waals surface area contributed by atoms with Crippen molar-refractivity contribution >= 4 is 11.5 Å². The molecule has 2 heterocycles. The minimum atomic E-state index is -0.0950. The summed E-state index contributed by atoms with van der Waals surface area (Å²) in [7, 11) is 0. The summed E-state index contributed by atoms with van der Waals surface area (Å²) in [5.41, 5.74) is 3.02. The lowest BCUT2D eigenvalue weighted by molar-refractivity contribution is 0.122. The molecule has 2 aromatic rings. The Morgan fingerprint density at radius 1 is 1.17 bits per heavy atom. The molecular weight excluding hydrogens is 293 g/mol. The van der Waals surface area contributed by atoms with Crippen LogP contribution in [-0.2, 0) is 11.2 Å². The summed E-state index contributed by atoms with van der Waals surface area (Å²) in [6.45, 7) is 3.35. The third kappa shape index (κ3) is 2.88. The first-order chi connectivity index (χ1) is 11.3.